The summed E-state index contributed by atoms with van der Waals surface area (Å²) in [5, 5.41) is 4.22. The number of rotatable bonds is 4. The van der Waals surface area contributed by atoms with E-state index in [2.05, 4.69) is 51.7 Å². The second-order valence-corrected chi connectivity index (χ2v) is 9.42. The number of nitrogens with zero attached hydrogens (tertiary/aromatic N) is 5. The molecule has 2 aromatic carbocycles. The quantitative estimate of drug-likeness (QED) is 0.427. The van der Waals surface area contributed by atoms with Crippen LogP contribution in [0.5, 0.6) is 0 Å². The van der Waals surface area contributed by atoms with Crippen LogP contribution in [0.15, 0.2) is 47.2 Å². The van der Waals surface area contributed by atoms with Crippen molar-refractivity contribution in [1.82, 2.24) is 19.7 Å². The third-order valence-electron chi connectivity index (χ3n) is 7.27. The van der Waals surface area contributed by atoms with Crippen LogP contribution in [0.3, 0.4) is 0 Å². The lowest BCUT2D eigenvalue weighted by Crippen LogP contribution is -2.24. The molecule has 2 aromatic heterocycles. The van der Waals surface area contributed by atoms with Crippen molar-refractivity contribution in [1.29, 1.82) is 0 Å². The molecule has 1 amide bonds. The lowest BCUT2D eigenvalue weighted by Gasteiger charge is -2.17. The van der Waals surface area contributed by atoms with E-state index < -0.39 is 0 Å². The van der Waals surface area contributed by atoms with E-state index >= 15 is 0 Å². The molecule has 1 saturated heterocycles. The van der Waals surface area contributed by atoms with E-state index in [1.54, 1.807) is 0 Å². The zero-order valence-corrected chi connectivity index (χ0v) is 19.0. The van der Waals surface area contributed by atoms with Gasteiger partial charge >= 0.3 is 0 Å². The van der Waals surface area contributed by atoms with Gasteiger partial charge in [0.05, 0.1) is 23.3 Å². The number of benzene rings is 2. The van der Waals surface area contributed by atoms with Crippen LogP contribution in [0.25, 0.3) is 22.4 Å². The Morgan fingerprint density at radius 2 is 1.88 bits per heavy atom. The van der Waals surface area contributed by atoms with Gasteiger partial charge in [0.2, 0.25) is 17.6 Å². The monoisotopic (exact) mass is 441 g/mol. The standard InChI is InChI=1S/C26H27N5O2/c1-16-7-9-21(11-17(16)2)30-14-19(13-24(30)32)26-28-25(29-33-26)18-8-10-23-22(12-18)27-15-31(23)20-5-3-4-6-20/h7-12,15,19-20H,3-6,13-14H2,1-2H3. The molecule has 1 aliphatic carbocycles. The molecule has 7 nitrogen and oxygen atoms in total. The number of carbonyl (C=O) groups excluding carboxylic acids is 1. The second-order valence-electron chi connectivity index (χ2n) is 9.42. The third-order valence-corrected chi connectivity index (χ3v) is 7.27. The first kappa shape index (κ1) is 20.1. The fourth-order valence-electron chi connectivity index (χ4n) is 5.18. The number of carbonyl (C=O) groups is 1. The Kier molecular flexibility index (Phi) is 4.78. The van der Waals surface area contributed by atoms with Crippen molar-refractivity contribution in [2.45, 2.75) is 57.9 Å². The zero-order chi connectivity index (χ0) is 22.5. The highest BCUT2D eigenvalue weighted by Crippen LogP contribution is 2.35. The van der Waals surface area contributed by atoms with Gasteiger partial charge in [-0.1, -0.05) is 24.1 Å². The van der Waals surface area contributed by atoms with Gasteiger partial charge in [-0.2, -0.15) is 4.98 Å². The van der Waals surface area contributed by atoms with Gasteiger partial charge in [-0.05, 0) is 68.1 Å². The van der Waals surface area contributed by atoms with Gasteiger partial charge in [0.25, 0.3) is 0 Å². The average Bonchev–Trinajstić information content (AvgIpc) is 3.60. The number of anilines is 1. The summed E-state index contributed by atoms with van der Waals surface area (Å²) in [6.45, 7) is 4.69. The maximum atomic E-state index is 12.7. The average molecular weight is 442 g/mol. The summed E-state index contributed by atoms with van der Waals surface area (Å²) < 4.78 is 7.92. The van der Waals surface area contributed by atoms with E-state index in [9.17, 15) is 4.79 Å². The number of imidazole rings is 1. The molecule has 168 valence electrons. The third kappa shape index (κ3) is 3.52. The first-order valence-electron chi connectivity index (χ1n) is 11.7. The number of fused-ring (bicyclic) bond motifs is 1. The largest absolute Gasteiger partial charge is 0.339 e. The number of hydrogen-bond acceptors (Lipinski definition) is 5. The van der Waals surface area contributed by atoms with Crippen molar-refractivity contribution < 1.29 is 9.32 Å². The summed E-state index contributed by atoms with van der Waals surface area (Å²) in [7, 11) is 0. The molecule has 3 heterocycles. The molecule has 1 aliphatic heterocycles. The molecule has 0 bridgehead atoms. The number of aromatic nitrogens is 4. The molecule has 1 saturated carbocycles. The molecule has 0 N–H and O–H groups in total. The predicted molar refractivity (Wildman–Crippen MR) is 126 cm³/mol. The van der Waals surface area contributed by atoms with Crippen LogP contribution < -0.4 is 4.90 Å². The Balaban J connectivity index is 1.23. The maximum absolute atomic E-state index is 12.7. The lowest BCUT2D eigenvalue weighted by molar-refractivity contribution is -0.117. The van der Waals surface area contributed by atoms with E-state index in [-0.39, 0.29) is 11.8 Å². The van der Waals surface area contributed by atoms with E-state index in [0.29, 0.717) is 30.7 Å². The van der Waals surface area contributed by atoms with E-state index in [1.807, 2.05) is 29.4 Å². The van der Waals surface area contributed by atoms with E-state index in [1.165, 1.54) is 36.8 Å². The topological polar surface area (TPSA) is 77.1 Å². The summed E-state index contributed by atoms with van der Waals surface area (Å²) in [6.07, 6.45) is 7.36. The number of amides is 1. The molecule has 0 radical (unpaired) electrons. The van der Waals surface area contributed by atoms with Gasteiger partial charge < -0.3 is 14.0 Å². The van der Waals surface area contributed by atoms with Crippen LogP contribution >= 0.6 is 0 Å². The van der Waals surface area contributed by atoms with Crippen molar-refractivity contribution in [3.63, 3.8) is 0 Å². The molecule has 6 rings (SSSR count). The molecular weight excluding hydrogens is 414 g/mol. The van der Waals surface area contributed by atoms with Crippen LogP contribution in [0, 0.1) is 13.8 Å². The Hall–Kier alpha value is -3.48. The van der Waals surface area contributed by atoms with Crippen molar-refractivity contribution in [3.05, 3.63) is 59.7 Å². The minimum absolute atomic E-state index is 0.0851. The summed E-state index contributed by atoms with van der Waals surface area (Å²) >= 11 is 0. The Bertz CT molecular complexity index is 1350. The lowest BCUT2D eigenvalue weighted by atomic mass is 10.1. The Morgan fingerprint density at radius 3 is 2.70 bits per heavy atom. The molecule has 2 aliphatic rings. The van der Waals surface area contributed by atoms with Crippen molar-refractivity contribution in [3.8, 4) is 11.4 Å². The first-order valence-corrected chi connectivity index (χ1v) is 11.7. The molecule has 1 atom stereocenters. The van der Waals surface area contributed by atoms with Crippen LogP contribution in [0.2, 0.25) is 0 Å². The van der Waals surface area contributed by atoms with E-state index in [4.69, 9.17) is 4.52 Å². The van der Waals surface area contributed by atoms with Crippen molar-refractivity contribution in [2.75, 3.05) is 11.4 Å². The van der Waals surface area contributed by atoms with Gasteiger partial charge in [0.15, 0.2) is 0 Å². The fourth-order valence-corrected chi connectivity index (χ4v) is 5.18. The van der Waals surface area contributed by atoms with Gasteiger partial charge in [-0.25, -0.2) is 4.98 Å². The minimum Gasteiger partial charge on any atom is -0.339 e. The van der Waals surface area contributed by atoms with Gasteiger partial charge in [-0.15, -0.1) is 0 Å². The molecule has 0 spiro atoms. The maximum Gasteiger partial charge on any atom is 0.232 e. The first-order chi connectivity index (χ1) is 16.1. The predicted octanol–water partition coefficient (Wildman–Crippen LogP) is 5.34. The highest BCUT2D eigenvalue weighted by atomic mass is 16.5. The van der Waals surface area contributed by atoms with Gasteiger partial charge in [0, 0.05) is 30.3 Å². The molecule has 2 fully saturated rings. The second kappa shape index (κ2) is 7.83. The highest BCUT2D eigenvalue weighted by molar-refractivity contribution is 5.96. The fraction of sp³-hybridized carbons (Fsp3) is 0.385. The summed E-state index contributed by atoms with van der Waals surface area (Å²) in [4.78, 5) is 23.8. The molecule has 1 unspecified atom stereocenters. The SMILES string of the molecule is Cc1ccc(N2CC(c3nc(-c4ccc5c(c4)ncn5C4CCCC4)no3)CC2=O)cc1C. The summed E-state index contributed by atoms with van der Waals surface area (Å²) in [6, 6.07) is 12.8. The highest BCUT2D eigenvalue weighted by Gasteiger charge is 2.35. The van der Waals surface area contributed by atoms with Crippen LogP contribution in [0.4, 0.5) is 5.69 Å². The molecule has 33 heavy (non-hydrogen) atoms. The van der Waals surface area contributed by atoms with Crippen LogP contribution in [-0.4, -0.2) is 32.1 Å². The Morgan fingerprint density at radius 1 is 1.03 bits per heavy atom. The van der Waals surface area contributed by atoms with Gasteiger partial charge in [-0.3, -0.25) is 4.79 Å². The molecule has 7 heteroatoms. The number of aryl methyl sites for hydroxylation is 2. The number of hydrogen-bond donors (Lipinski definition) is 0. The van der Waals surface area contributed by atoms with Crippen LogP contribution in [-0.2, 0) is 4.79 Å². The van der Waals surface area contributed by atoms with E-state index in [0.717, 1.165) is 22.3 Å². The van der Waals surface area contributed by atoms with Crippen molar-refractivity contribution in [2.24, 2.45) is 0 Å². The Labute approximate surface area is 192 Å². The zero-order valence-electron chi connectivity index (χ0n) is 19.0. The van der Waals surface area contributed by atoms with Crippen LogP contribution in [0.1, 0.15) is 61.1 Å². The smallest absolute Gasteiger partial charge is 0.232 e. The minimum atomic E-state index is -0.106. The molecular formula is C26H27N5O2. The van der Waals surface area contributed by atoms with Crippen molar-refractivity contribution >= 4 is 22.6 Å². The van der Waals surface area contributed by atoms with Gasteiger partial charge in [0.1, 0.15) is 0 Å². The summed E-state index contributed by atoms with van der Waals surface area (Å²) in [5.41, 5.74) is 6.30. The molecule has 4 aromatic rings. The summed E-state index contributed by atoms with van der Waals surface area (Å²) in [5.74, 6) is 1.04. The normalized spacial score (nSPS) is 19.3.